The van der Waals surface area contributed by atoms with Crippen molar-refractivity contribution in [1.82, 2.24) is 9.88 Å². The molecule has 1 heterocycles. The molecule has 0 radical (unpaired) electrons. The molecule has 0 fully saturated rings. The molecule has 1 amide bonds. The minimum Gasteiger partial charge on any atom is -0.308 e. The first kappa shape index (κ1) is 20.4. The van der Waals surface area contributed by atoms with E-state index in [0.717, 1.165) is 28.3 Å². The number of aromatic nitrogens is 1. The SMILES string of the molecule is CN(C)CCN(C(=O)CCc1ccccc1)c1nc2ccccc2s1.Cl. The number of carbonyl (C=O) groups is 1. The molecule has 6 heteroatoms. The summed E-state index contributed by atoms with van der Waals surface area (Å²) in [5, 5.41) is 0.793. The lowest BCUT2D eigenvalue weighted by Crippen LogP contribution is -2.36. The number of nitrogens with zero attached hydrogens (tertiary/aromatic N) is 3. The van der Waals surface area contributed by atoms with Gasteiger partial charge in [0.25, 0.3) is 0 Å². The van der Waals surface area contributed by atoms with Crippen molar-refractivity contribution in [2.45, 2.75) is 12.8 Å². The van der Waals surface area contributed by atoms with E-state index in [0.29, 0.717) is 13.0 Å². The zero-order valence-corrected chi connectivity index (χ0v) is 16.7. The van der Waals surface area contributed by atoms with Crippen molar-refractivity contribution in [3.63, 3.8) is 0 Å². The quantitative estimate of drug-likeness (QED) is 0.606. The summed E-state index contributed by atoms with van der Waals surface area (Å²) in [6, 6.07) is 18.2. The first-order valence-electron chi connectivity index (χ1n) is 8.48. The van der Waals surface area contributed by atoms with Crippen LogP contribution in [0.25, 0.3) is 10.2 Å². The molecule has 0 spiro atoms. The molecule has 26 heavy (non-hydrogen) atoms. The topological polar surface area (TPSA) is 36.4 Å². The molecule has 0 atom stereocenters. The summed E-state index contributed by atoms with van der Waals surface area (Å²) in [5.41, 5.74) is 2.14. The Morgan fingerprint density at radius 2 is 1.69 bits per heavy atom. The Balaban J connectivity index is 0.00000243. The lowest BCUT2D eigenvalue weighted by Gasteiger charge is -2.22. The van der Waals surface area contributed by atoms with Gasteiger partial charge in [-0.25, -0.2) is 4.98 Å². The van der Waals surface area contributed by atoms with Crippen molar-refractivity contribution in [2.75, 3.05) is 32.1 Å². The predicted octanol–water partition coefficient (Wildman–Crippen LogP) is 4.25. The Morgan fingerprint density at radius 1 is 1.00 bits per heavy atom. The number of aryl methyl sites for hydroxylation is 1. The predicted molar refractivity (Wildman–Crippen MR) is 113 cm³/mol. The number of halogens is 1. The zero-order chi connectivity index (χ0) is 17.6. The van der Waals surface area contributed by atoms with Gasteiger partial charge in [-0.05, 0) is 38.2 Å². The minimum atomic E-state index is 0. The van der Waals surface area contributed by atoms with E-state index in [-0.39, 0.29) is 18.3 Å². The minimum absolute atomic E-state index is 0. The Kier molecular flexibility index (Phi) is 7.57. The molecular weight excluding hydrogens is 366 g/mol. The molecule has 0 bridgehead atoms. The van der Waals surface area contributed by atoms with Gasteiger partial charge in [-0.3, -0.25) is 9.69 Å². The fraction of sp³-hybridized carbons (Fsp3) is 0.300. The van der Waals surface area contributed by atoms with Crippen molar-refractivity contribution >= 4 is 45.0 Å². The Bertz CT molecular complexity index is 802. The monoisotopic (exact) mass is 389 g/mol. The van der Waals surface area contributed by atoms with Crippen LogP contribution >= 0.6 is 23.7 Å². The third-order valence-corrected chi connectivity index (χ3v) is 5.12. The normalized spacial score (nSPS) is 10.7. The van der Waals surface area contributed by atoms with Gasteiger partial charge in [0.1, 0.15) is 0 Å². The molecular formula is C20H24ClN3OS. The summed E-state index contributed by atoms with van der Waals surface area (Å²) in [6.07, 6.45) is 1.25. The molecule has 3 rings (SSSR count). The number of carbonyl (C=O) groups excluding carboxylic acids is 1. The first-order chi connectivity index (χ1) is 12.1. The lowest BCUT2D eigenvalue weighted by atomic mass is 10.1. The number of rotatable bonds is 7. The van der Waals surface area contributed by atoms with Gasteiger partial charge in [0.2, 0.25) is 5.91 Å². The van der Waals surface area contributed by atoms with Gasteiger partial charge in [0.15, 0.2) is 5.13 Å². The number of benzene rings is 2. The van der Waals surface area contributed by atoms with Crippen LogP contribution in [0.2, 0.25) is 0 Å². The van der Waals surface area contributed by atoms with E-state index >= 15 is 0 Å². The number of hydrogen-bond donors (Lipinski definition) is 0. The number of fused-ring (bicyclic) bond motifs is 1. The van der Waals surface area contributed by atoms with Crippen LogP contribution in [-0.4, -0.2) is 43.0 Å². The number of amides is 1. The lowest BCUT2D eigenvalue weighted by molar-refractivity contribution is -0.118. The molecule has 0 aliphatic rings. The Morgan fingerprint density at radius 3 is 2.38 bits per heavy atom. The molecule has 0 aliphatic carbocycles. The van der Waals surface area contributed by atoms with E-state index in [1.54, 1.807) is 11.3 Å². The van der Waals surface area contributed by atoms with Crippen LogP contribution in [0.15, 0.2) is 54.6 Å². The van der Waals surface area contributed by atoms with E-state index in [1.165, 1.54) is 5.56 Å². The molecule has 0 aliphatic heterocycles. The Labute approximate surface area is 164 Å². The highest BCUT2D eigenvalue weighted by Crippen LogP contribution is 2.29. The fourth-order valence-corrected chi connectivity index (χ4v) is 3.64. The second kappa shape index (κ2) is 9.67. The zero-order valence-electron chi connectivity index (χ0n) is 15.1. The van der Waals surface area contributed by atoms with Crippen LogP contribution in [0.4, 0.5) is 5.13 Å². The fourth-order valence-electron chi connectivity index (χ4n) is 2.63. The summed E-state index contributed by atoms with van der Waals surface area (Å²) < 4.78 is 1.11. The molecule has 1 aromatic heterocycles. The summed E-state index contributed by atoms with van der Waals surface area (Å²) in [7, 11) is 4.04. The van der Waals surface area contributed by atoms with Crippen molar-refractivity contribution in [3.05, 3.63) is 60.2 Å². The van der Waals surface area contributed by atoms with E-state index in [2.05, 4.69) is 28.1 Å². The number of thiazole rings is 1. The van der Waals surface area contributed by atoms with Crippen LogP contribution in [0.3, 0.4) is 0 Å². The molecule has 4 nitrogen and oxygen atoms in total. The highest BCUT2D eigenvalue weighted by atomic mass is 35.5. The standard InChI is InChI=1S/C20H23N3OS.ClH/c1-22(2)14-15-23(19(24)13-12-16-8-4-3-5-9-16)20-21-17-10-6-7-11-18(17)25-20;/h3-11H,12-15H2,1-2H3;1H. The van der Waals surface area contributed by atoms with Gasteiger partial charge in [-0.1, -0.05) is 53.8 Å². The molecule has 138 valence electrons. The van der Waals surface area contributed by atoms with E-state index < -0.39 is 0 Å². The smallest absolute Gasteiger partial charge is 0.229 e. The van der Waals surface area contributed by atoms with Gasteiger partial charge in [0, 0.05) is 19.5 Å². The van der Waals surface area contributed by atoms with E-state index in [1.807, 2.05) is 55.4 Å². The van der Waals surface area contributed by atoms with E-state index in [9.17, 15) is 4.79 Å². The van der Waals surface area contributed by atoms with Crippen LogP contribution in [0.5, 0.6) is 0 Å². The maximum absolute atomic E-state index is 12.9. The van der Waals surface area contributed by atoms with Crippen molar-refractivity contribution in [1.29, 1.82) is 0 Å². The van der Waals surface area contributed by atoms with Crippen molar-refractivity contribution in [3.8, 4) is 0 Å². The first-order valence-corrected chi connectivity index (χ1v) is 9.30. The van der Waals surface area contributed by atoms with Crippen LogP contribution in [0, 0.1) is 0 Å². The molecule has 0 saturated heterocycles. The molecule has 0 N–H and O–H groups in total. The summed E-state index contributed by atoms with van der Waals surface area (Å²) in [6.45, 7) is 1.47. The highest BCUT2D eigenvalue weighted by molar-refractivity contribution is 7.22. The van der Waals surface area contributed by atoms with E-state index in [4.69, 9.17) is 0 Å². The van der Waals surface area contributed by atoms with Gasteiger partial charge in [-0.2, -0.15) is 0 Å². The number of para-hydroxylation sites is 1. The maximum atomic E-state index is 12.9. The highest BCUT2D eigenvalue weighted by Gasteiger charge is 2.19. The average molecular weight is 390 g/mol. The summed E-state index contributed by atoms with van der Waals surface area (Å²) in [4.78, 5) is 21.5. The van der Waals surface area contributed by atoms with Crippen molar-refractivity contribution in [2.24, 2.45) is 0 Å². The summed E-state index contributed by atoms with van der Waals surface area (Å²) >= 11 is 1.58. The van der Waals surface area contributed by atoms with Crippen molar-refractivity contribution < 1.29 is 4.79 Å². The summed E-state index contributed by atoms with van der Waals surface area (Å²) in [5.74, 6) is 0.129. The largest absolute Gasteiger partial charge is 0.308 e. The second-order valence-electron chi connectivity index (χ2n) is 6.30. The van der Waals surface area contributed by atoms with Crippen LogP contribution in [0.1, 0.15) is 12.0 Å². The average Bonchev–Trinajstić information content (AvgIpc) is 3.04. The van der Waals surface area contributed by atoms with Crippen LogP contribution in [-0.2, 0) is 11.2 Å². The van der Waals surface area contributed by atoms with Gasteiger partial charge in [-0.15, -0.1) is 12.4 Å². The second-order valence-corrected chi connectivity index (χ2v) is 7.31. The Hall–Kier alpha value is -1.95. The van der Waals surface area contributed by atoms with Gasteiger partial charge < -0.3 is 4.90 Å². The third kappa shape index (κ3) is 5.27. The number of likely N-dealkylation sites (N-methyl/N-ethyl adjacent to an activating group) is 1. The van der Waals surface area contributed by atoms with Crippen LogP contribution < -0.4 is 4.90 Å². The molecule has 0 saturated carbocycles. The molecule has 2 aromatic carbocycles. The number of hydrogen-bond acceptors (Lipinski definition) is 4. The number of anilines is 1. The third-order valence-electron chi connectivity index (χ3n) is 4.06. The van der Waals surface area contributed by atoms with Gasteiger partial charge >= 0.3 is 0 Å². The maximum Gasteiger partial charge on any atom is 0.229 e. The molecule has 3 aromatic rings. The molecule has 0 unspecified atom stereocenters. The van der Waals surface area contributed by atoms with Gasteiger partial charge in [0.05, 0.1) is 10.2 Å².